The summed E-state index contributed by atoms with van der Waals surface area (Å²) in [7, 11) is 1.92. The molecule has 0 fully saturated rings. The molecular formula is C23H18N4O2. The highest BCUT2D eigenvalue weighted by molar-refractivity contribution is 6.37. The van der Waals surface area contributed by atoms with E-state index < -0.39 is 5.91 Å². The predicted octanol–water partition coefficient (Wildman–Crippen LogP) is 3.09. The Kier molecular flexibility index (Phi) is 4.99. The number of hydrogen-bond acceptors (Lipinski definition) is 4. The Morgan fingerprint density at radius 2 is 1.52 bits per heavy atom. The van der Waals surface area contributed by atoms with Gasteiger partial charge in [-0.2, -0.15) is 5.10 Å². The summed E-state index contributed by atoms with van der Waals surface area (Å²) in [5.74, 6) is -0.810. The summed E-state index contributed by atoms with van der Waals surface area (Å²) in [5.41, 5.74) is 2.19. The molecule has 29 heavy (non-hydrogen) atoms. The van der Waals surface area contributed by atoms with E-state index in [1.54, 1.807) is 30.3 Å². The van der Waals surface area contributed by atoms with Gasteiger partial charge in [-0.3, -0.25) is 9.59 Å². The number of fused-ring (bicyclic) bond motifs is 1. The number of carbonyl (C=O) groups is 2. The Bertz CT molecular complexity index is 1200. The van der Waals surface area contributed by atoms with Crippen LogP contribution in [-0.4, -0.2) is 22.0 Å². The standard InChI is InChI=1S/C23H18N4O2/c1-27-13-11-17(12-14-27)25-26-21-15-20(22(28)19-10-6-5-9-18(19)21)23(29)24-16-7-3-2-4-8-16/h2-15H,1H3,(H,24,29)/b26-21+. The number of allylic oxidation sites excluding steroid dienone is 1. The number of rotatable bonds is 3. The minimum atomic E-state index is -0.477. The molecule has 1 aliphatic rings. The topological polar surface area (TPSA) is 75.8 Å². The van der Waals surface area contributed by atoms with Gasteiger partial charge in [0.25, 0.3) is 5.91 Å². The number of nitrogens with one attached hydrogen (secondary N) is 1. The molecule has 1 aromatic heterocycles. The fourth-order valence-electron chi connectivity index (χ4n) is 2.97. The SMILES string of the molecule is Cn1ccc(=N/N=C2\C=C(C(=O)Nc3ccccc3)C(=O)c3ccccc32)cc1. The Morgan fingerprint density at radius 3 is 2.24 bits per heavy atom. The van der Waals surface area contributed by atoms with Gasteiger partial charge in [0.05, 0.1) is 16.6 Å². The highest BCUT2D eigenvalue weighted by Gasteiger charge is 2.28. The van der Waals surface area contributed by atoms with E-state index >= 15 is 0 Å². The first kappa shape index (κ1) is 18.3. The van der Waals surface area contributed by atoms with Crippen molar-refractivity contribution in [3.05, 3.63) is 107 Å². The van der Waals surface area contributed by atoms with Gasteiger partial charge in [0.2, 0.25) is 0 Å². The molecule has 1 heterocycles. The molecule has 0 saturated carbocycles. The number of carbonyl (C=O) groups excluding carboxylic acids is 2. The Hall–Kier alpha value is -4.06. The second-order valence-electron chi connectivity index (χ2n) is 6.56. The fourth-order valence-corrected chi connectivity index (χ4v) is 2.97. The lowest BCUT2D eigenvalue weighted by Gasteiger charge is -2.16. The van der Waals surface area contributed by atoms with Crippen molar-refractivity contribution in [1.82, 2.24) is 4.57 Å². The number of amides is 1. The molecule has 142 valence electrons. The Morgan fingerprint density at radius 1 is 0.862 bits per heavy atom. The summed E-state index contributed by atoms with van der Waals surface area (Å²) in [6.07, 6.45) is 5.23. The van der Waals surface area contributed by atoms with Crippen molar-refractivity contribution < 1.29 is 9.59 Å². The molecule has 6 heteroatoms. The number of anilines is 1. The second kappa shape index (κ2) is 7.90. The van der Waals surface area contributed by atoms with E-state index in [0.717, 1.165) is 0 Å². The highest BCUT2D eigenvalue weighted by Crippen LogP contribution is 2.23. The lowest BCUT2D eigenvalue weighted by Crippen LogP contribution is -2.26. The molecule has 1 N–H and O–H groups in total. The molecule has 1 aliphatic carbocycles. The molecule has 1 amide bonds. The minimum Gasteiger partial charge on any atom is -0.357 e. The van der Waals surface area contributed by atoms with Crippen molar-refractivity contribution in [2.24, 2.45) is 17.3 Å². The van der Waals surface area contributed by atoms with E-state index in [1.807, 2.05) is 60.4 Å². The van der Waals surface area contributed by atoms with Crippen molar-refractivity contribution in [2.45, 2.75) is 0 Å². The Labute approximate surface area is 167 Å². The number of aryl methyl sites for hydroxylation is 1. The highest BCUT2D eigenvalue weighted by atomic mass is 16.2. The van der Waals surface area contributed by atoms with Gasteiger partial charge in [-0.15, -0.1) is 5.10 Å². The molecule has 4 rings (SSSR count). The molecule has 0 radical (unpaired) electrons. The Balaban J connectivity index is 1.75. The number of hydrogen-bond donors (Lipinski definition) is 1. The number of para-hydroxylation sites is 1. The first-order chi connectivity index (χ1) is 14.1. The summed E-state index contributed by atoms with van der Waals surface area (Å²) in [4.78, 5) is 25.6. The van der Waals surface area contributed by atoms with E-state index in [0.29, 0.717) is 27.9 Å². The smallest absolute Gasteiger partial charge is 0.259 e. The lowest BCUT2D eigenvalue weighted by molar-refractivity contribution is -0.112. The van der Waals surface area contributed by atoms with Gasteiger partial charge < -0.3 is 9.88 Å². The van der Waals surface area contributed by atoms with Crippen LogP contribution in [0.2, 0.25) is 0 Å². The van der Waals surface area contributed by atoms with Crippen LogP contribution in [0, 0.1) is 0 Å². The zero-order chi connectivity index (χ0) is 20.2. The van der Waals surface area contributed by atoms with Crippen molar-refractivity contribution in [3.8, 4) is 0 Å². The number of benzene rings is 2. The maximum Gasteiger partial charge on any atom is 0.259 e. The van der Waals surface area contributed by atoms with Gasteiger partial charge >= 0.3 is 0 Å². The molecule has 0 spiro atoms. The molecule has 0 aliphatic heterocycles. The van der Waals surface area contributed by atoms with Crippen molar-refractivity contribution in [1.29, 1.82) is 0 Å². The number of nitrogens with zero attached hydrogens (tertiary/aromatic N) is 3. The van der Waals surface area contributed by atoms with E-state index in [9.17, 15) is 9.59 Å². The average Bonchev–Trinajstić information content (AvgIpc) is 2.75. The van der Waals surface area contributed by atoms with Crippen LogP contribution in [0.15, 0.2) is 101 Å². The van der Waals surface area contributed by atoms with Crippen LogP contribution < -0.4 is 10.7 Å². The lowest BCUT2D eigenvalue weighted by atomic mass is 9.88. The quantitative estimate of drug-likeness (QED) is 0.558. The number of ketones is 1. The van der Waals surface area contributed by atoms with Crippen LogP contribution in [0.1, 0.15) is 15.9 Å². The van der Waals surface area contributed by atoms with Crippen molar-refractivity contribution in [2.75, 3.05) is 5.32 Å². The number of aromatic nitrogens is 1. The summed E-state index contributed by atoms with van der Waals surface area (Å²) in [6, 6.07) is 19.8. The molecule has 6 nitrogen and oxygen atoms in total. The van der Waals surface area contributed by atoms with Gasteiger partial charge in [-0.1, -0.05) is 42.5 Å². The third-order valence-corrected chi connectivity index (χ3v) is 4.48. The minimum absolute atomic E-state index is 0.0287. The molecule has 2 aromatic carbocycles. The average molecular weight is 382 g/mol. The van der Waals surface area contributed by atoms with Gasteiger partial charge in [-0.25, -0.2) is 0 Å². The first-order valence-electron chi connectivity index (χ1n) is 9.08. The molecule has 0 bridgehead atoms. The van der Waals surface area contributed by atoms with E-state index in [-0.39, 0.29) is 11.4 Å². The van der Waals surface area contributed by atoms with Crippen molar-refractivity contribution >= 4 is 23.1 Å². The summed E-state index contributed by atoms with van der Waals surface area (Å²) in [5, 5.41) is 12.0. The predicted molar refractivity (Wildman–Crippen MR) is 111 cm³/mol. The van der Waals surface area contributed by atoms with Crippen LogP contribution in [0.3, 0.4) is 0 Å². The van der Waals surface area contributed by atoms with Gasteiger partial charge in [0, 0.05) is 36.3 Å². The monoisotopic (exact) mass is 382 g/mol. The molecule has 0 atom stereocenters. The molecule has 0 saturated heterocycles. The van der Waals surface area contributed by atoms with Crippen LogP contribution in [0.5, 0.6) is 0 Å². The summed E-state index contributed by atoms with van der Waals surface area (Å²) < 4.78 is 1.90. The second-order valence-corrected chi connectivity index (χ2v) is 6.56. The number of pyridine rings is 1. The molecular weight excluding hydrogens is 364 g/mol. The van der Waals surface area contributed by atoms with Gasteiger partial charge in [-0.05, 0) is 30.3 Å². The van der Waals surface area contributed by atoms with Gasteiger partial charge in [0.15, 0.2) is 5.78 Å². The fraction of sp³-hybridized carbons (Fsp3) is 0.0435. The third-order valence-electron chi connectivity index (χ3n) is 4.48. The van der Waals surface area contributed by atoms with E-state index in [4.69, 9.17) is 0 Å². The van der Waals surface area contributed by atoms with Gasteiger partial charge in [0.1, 0.15) is 0 Å². The van der Waals surface area contributed by atoms with E-state index in [1.165, 1.54) is 6.08 Å². The summed E-state index contributed by atoms with van der Waals surface area (Å²) >= 11 is 0. The van der Waals surface area contributed by atoms with Crippen LogP contribution >= 0.6 is 0 Å². The van der Waals surface area contributed by atoms with Crippen LogP contribution in [0.25, 0.3) is 0 Å². The van der Waals surface area contributed by atoms with Crippen LogP contribution in [-0.2, 0) is 11.8 Å². The number of Topliss-reactive ketones (excluding diaryl/α,β-unsaturated/α-hetero) is 1. The van der Waals surface area contributed by atoms with Crippen molar-refractivity contribution in [3.63, 3.8) is 0 Å². The third kappa shape index (κ3) is 3.96. The van der Waals surface area contributed by atoms with E-state index in [2.05, 4.69) is 15.5 Å². The zero-order valence-corrected chi connectivity index (χ0v) is 15.7. The maximum absolute atomic E-state index is 12.9. The van der Waals surface area contributed by atoms with Crippen LogP contribution in [0.4, 0.5) is 5.69 Å². The normalized spacial score (nSPS) is 14.2. The maximum atomic E-state index is 12.9. The first-order valence-corrected chi connectivity index (χ1v) is 9.08. The molecule has 3 aromatic rings. The summed E-state index contributed by atoms with van der Waals surface area (Å²) in [6.45, 7) is 0. The largest absolute Gasteiger partial charge is 0.357 e. The zero-order valence-electron chi connectivity index (χ0n) is 15.7. The molecule has 0 unspecified atom stereocenters.